The van der Waals surface area contributed by atoms with Gasteiger partial charge in [-0.05, 0) is 58.9 Å². The Morgan fingerprint density at radius 2 is 2.35 bits per heavy atom. The summed E-state index contributed by atoms with van der Waals surface area (Å²) >= 11 is 3.40. The van der Waals surface area contributed by atoms with E-state index in [0.29, 0.717) is 12.1 Å². The molecule has 2 N–H and O–H groups in total. The maximum absolute atomic E-state index is 12.2. The van der Waals surface area contributed by atoms with Crippen molar-refractivity contribution in [3.63, 3.8) is 0 Å². The third kappa shape index (κ3) is 3.73. The molecule has 1 aromatic carbocycles. The number of nitrogens with one attached hydrogen (secondary N) is 2. The van der Waals surface area contributed by atoms with E-state index in [1.165, 1.54) is 6.42 Å². The first-order valence-electron chi connectivity index (χ1n) is 6.86. The molecule has 110 valence electrons. The molecule has 1 unspecified atom stereocenters. The van der Waals surface area contributed by atoms with Gasteiger partial charge in [0.05, 0.1) is 11.6 Å². The fourth-order valence-electron chi connectivity index (χ4n) is 2.47. The van der Waals surface area contributed by atoms with Crippen LogP contribution >= 0.6 is 15.9 Å². The molecule has 0 aliphatic carbocycles. The van der Waals surface area contributed by atoms with Crippen molar-refractivity contribution in [3.8, 4) is 5.75 Å². The first-order valence-corrected chi connectivity index (χ1v) is 7.66. The van der Waals surface area contributed by atoms with Gasteiger partial charge in [0.25, 0.3) is 5.91 Å². The molecule has 0 bridgehead atoms. The van der Waals surface area contributed by atoms with E-state index in [2.05, 4.69) is 33.5 Å². The number of carbonyl (C=O) groups is 1. The number of halogens is 1. The van der Waals surface area contributed by atoms with E-state index in [0.717, 1.165) is 29.7 Å². The number of hydrogen-bond donors (Lipinski definition) is 2. The van der Waals surface area contributed by atoms with Crippen LogP contribution in [0.25, 0.3) is 0 Å². The lowest BCUT2D eigenvalue weighted by Gasteiger charge is -2.34. The van der Waals surface area contributed by atoms with Crippen molar-refractivity contribution in [3.05, 3.63) is 28.2 Å². The van der Waals surface area contributed by atoms with Gasteiger partial charge in [-0.15, -0.1) is 0 Å². The maximum atomic E-state index is 12.2. The second-order valence-corrected chi connectivity index (χ2v) is 6.48. The Morgan fingerprint density at radius 1 is 1.55 bits per heavy atom. The summed E-state index contributed by atoms with van der Waals surface area (Å²) in [7, 11) is 1.61. The first kappa shape index (κ1) is 15.3. The van der Waals surface area contributed by atoms with Crippen molar-refractivity contribution < 1.29 is 9.53 Å². The lowest BCUT2D eigenvalue weighted by Crippen LogP contribution is -2.45. The Bertz CT molecular complexity index is 485. The predicted octanol–water partition coefficient (Wildman–Crippen LogP) is 2.58. The molecule has 1 aliphatic rings. The van der Waals surface area contributed by atoms with Crippen molar-refractivity contribution in [1.82, 2.24) is 10.6 Å². The normalized spacial score (nSPS) is 22.4. The number of amides is 1. The standard InChI is InChI=1S/C15H21BrN2O2/c1-15(6-3-7-17-9-15)10-18-14(19)11-4-5-13(20-2)12(16)8-11/h4-5,8,17H,3,6-7,9-10H2,1-2H3,(H,18,19). The first-order chi connectivity index (χ1) is 9.54. The summed E-state index contributed by atoms with van der Waals surface area (Å²) in [4.78, 5) is 12.2. The number of rotatable bonds is 4. The van der Waals surface area contributed by atoms with Gasteiger partial charge >= 0.3 is 0 Å². The quantitative estimate of drug-likeness (QED) is 0.885. The third-order valence-corrected chi connectivity index (χ3v) is 4.40. The Morgan fingerprint density at radius 3 is 2.95 bits per heavy atom. The zero-order valence-corrected chi connectivity index (χ0v) is 13.5. The van der Waals surface area contributed by atoms with Crippen LogP contribution in [0.2, 0.25) is 0 Å². The lowest BCUT2D eigenvalue weighted by atomic mass is 9.83. The summed E-state index contributed by atoms with van der Waals surface area (Å²) in [6, 6.07) is 5.36. The summed E-state index contributed by atoms with van der Waals surface area (Å²) in [5.74, 6) is 0.685. The Hall–Kier alpha value is -1.07. The fourth-order valence-corrected chi connectivity index (χ4v) is 3.01. The highest BCUT2D eigenvalue weighted by Gasteiger charge is 2.27. The van der Waals surface area contributed by atoms with E-state index >= 15 is 0 Å². The minimum Gasteiger partial charge on any atom is -0.496 e. The smallest absolute Gasteiger partial charge is 0.251 e. The van der Waals surface area contributed by atoms with E-state index in [1.54, 1.807) is 25.3 Å². The molecule has 1 amide bonds. The molecule has 1 atom stereocenters. The highest BCUT2D eigenvalue weighted by atomic mass is 79.9. The molecule has 0 radical (unpaired) electrons. The van der Waals surface area contributed by atoms with Crippen molar-refractivity contribution >= 4 is 21.8 Å². The van der Waals surface area contributed by atoms with E-state index in [-0.39, 0.29) is 11.3 Å². The molecule has 5 heteroatoms. The molecule has 0 spiro atoms. The Kier molecular flexibility index (Phi) is 5.05. The average molecular weight is 341 g/mol. The molecule has 4 nitrogen and oxygen atoms in total. The zero-order valence-electron chi connectivity index (χ0n) is 12.0. The molecule has 1 saturated heterocycles. The van der Waals surface area contributed by atoms with Crippen molar-refractivity contribution in [2.24, 2.45) is 5.41 Å². The second-order valence-electron chi connectivity index (χ2n) is 5.62. The third-order valence-electron chi connectivity index (χ3n) is 3.78. The topological polar surface area (TPSA) is 50.4 Å². The van der Waals surface area contributed by atoms with Crippen molar-refractivity contribution in [2.75, 3.05) is 26.7 Å². The van der Waals surface area contributed by atoms with E-state index in [1.807, 2.05) is 0 Å². The molecular formula is C15H21BrN2O2. The number of ether oxygens (including phenoxy) is 1. The van der Waals surface area contributed by atoms with Crippen LogP contribution in [0.15, 0.2) is 22.7 Å². The molecule has 2 rings (SSSR count). The fraction of sp³-hybridized carbons (Fsp3) is 0.533. The number of benzene rings is 1. The van der Waals surface area contributed by atoms with Crippen LogP contribution in [0.3, 0.4) is 0 Å². The number of piperidine rings is 1. The zero-order chi connectivity index (χ0) is 14.6. The van der Waals surface area contributed by atoms with Crippen molar-refractivity contribution in [1.29, 1.82) is 0 Å². The summed E-state index contributed by atoms with van der Waals surface area (Å²) in [5, 5.41) is 6.42. The molecule has 0 aromatic heterocycles. The summed E-state index contributed by atoms with van der Waals surface area (Å²) in [6.45, 7) is 4.94. The number of hydrogen-bond acceptors (Lipinski definition) is 3. The van der Waals surface area contributed by atoms with Gasteiger partial charge in [0.1, 0.15) is 5.75 Å². The number of methoxy groups -OCH3 is 1. The van der Waals surface area contributed by atoms with Crippen LogP contribution in [-0.2, 0) is 0 Å². The van der Waals surface area contributed by atoms with Crippen molar-refractivity contribution in [2.45, 2.75) is 19.8 Å². The second kappa shape index (κ2) is 6.59. The van der Waals surface area contributed by atoms with Gasteiger partial charge in [0.2, 0.25) is 0 Å². The van der Waals surface area contributed by atoms with Crippen LogP contribution in [0.1, 0.15) is 30.1 Å². The molecular weight excluding hydrogens is 320 g/mol. The van der Waals surface area contributed by atoms with Gasteiger partial charge in [0.15, 0.2) is 0 Å². The molecule has 1 heterocycles. The van der Waals surface area contributed by atoms with Crippen LogP contribution in [0.4, 0.5) is 0 Å². The van der Waals surface area contributed by atoms with E-state index < -0.39 is 0 Å². The lowest BCUT2D eigenvalue weighted by molar-refractivity contribution is 0.0924. The monoisotopic (exact) mass is 340 g/mol. The average Bonchev–Trinajstić information content (AvgIpc) is 2.45. The predicted molar refractivity (Wildman–Crippen MR) is 83.2 cm³/mol. The minimum absolute atomic E-state index is 0.0415. The summed E-state index contributed by atoms with van der Waals surface area (Å²) in [6.07, 6.45) is 2.31. The van der Waals surface area contributed by atoms with Gasteiger partial charge in [-0.3, -0.25) is 4.79 Å². The van der Waals surface area contributed by atoms with E-state index in [4.69, 9.17) is 4.74 Å². The summed E-state index contributed by atoms with van der Waals surface area (Å²) in [5.41, 5.74) is 0.794. The molecule has 1 aliphatic heterocycles. The SMILES string of the molecule is COc1ccc(C(=O)NCC2(C)CCCNC2)cc1Br. The summed E-state index contributed by atoms with van der Waals surface area (Å²) < 4.78 is 5.95. The molecule has 1 aromatic rings. The maximum Gasteiger partial charge on any atom is 0.251 e. The van der Waals surface area contributed by atoms with Gasteiger partial charge in [-0.1, -0.05) is 6.92 Å². The molecule has 20 heavy (non-hydrogen) atoms. The van der Waals surface area contributed by atoms with Gasteiger partial charge in [0, 0.05) is 18.7 Å². The molecule has 0 saturated carbocycles. The van der Waals surface area contributed by atoms with Crippen LogP contribution < -0.4 is 15.4 Å². The van der Waals surface area contributed by atoms with Crippen LogP contribution in [0, 0.1) is 5.41 Å². The Balaban J connectivity index is 1.96. The largest absolute Gasteiger partial charge is 0.496 e. The highest BCUT2D eigenvalue weighted by molar-refractivity contribution is 9.10. The van der Waals surface area contributed by atoms with Crippen LogP contribution in [-0.4, -0.2) is 32.7 Å². The Labute approximate surface area is 128 Å². The highest BCUT2D eigenvalue weighted by Crippen LogP contribution is 2.26. The van der Waals surface area contributed by atoms with Gasteiger partial charge in [-0.2, -0.15) is 0 Å². The van der Waals surface area contributed by atoms with E-state index in [9.17, 15) is 4.79 Å². The molecule has 1 fully saturated rings. The minimum atomic E-state index is -0.0415. The van der Waals surface area contributed by atoms with Crippen LogP contribution in [0.5, 0.6) is 5.75 Å². The van der Waals surface area contributed by atoms with Gasteiger partial charge < -0.3 is 15.4 Å². The number of carbonyl (C=O) groups excluding carboxylic acids is 1. The van der Waals surface area contributed by atoms with Gasteiger partial charge in [-0.25, -0.2) is 0 Å².